The zero-order valence-electron chi connectivity index (χ0n) is 24.3. The quantitative estimate of drug-likeness (QED) is 0.293. The van der Waals surface area contributed by atoms with Crippen molar-refractivity contribution in [1.29, 1.82) is 0 Å². The zero-order valence-corrected chi connectivity index (χ0v) is 25.1. The Hall–Kier alpha value is -3.52. The first-order valence-electron chi connectivity index (χ1n) is 14.2. The summed E-state index contributed by atoms with van der Waals surface area (Å²) in [6.07, 6.45) is 3.84. The Morgan fingerprint density at radius 2 is 1.71 bits per heavy atom. The van der Waals surface area contributed by atoms with E-state index in [0.717, 1.165) is 54.0 Å². The van der Waals surface area contributed by atoms with Crippen LogP contribution in [0.2, 0.25) is 5.02 Å². The van der Waals surface area contributed by atoms with Crippen molar-refractivity contribution in [3.63, 3.8) is 0 Å². The lowest BCUT2D eigenvalue weighted by molar-refractivity contribution is -0.161. The molecule has 5 rings (SSSR count). The number of ketones is 1. The molecule has 2 aliphatic rings. The molecule has 1 aliphatic carbocycles. The van der Waals surface area contributed by atoms with Gasteiger partial charge in [0.15, 0.2) is 5.82 Å². The normalized spacial score (nSPS) is 20.3. The number of aromatic nitrogens is 3. The number of carbonyl (C=O) groups is 2. The van der Waals surface area contributed by atoms with Crippen LogP contribution in [0.1, 0.15) is 88.1 Å². The van der Waals surface area contributed by atoms with Crippen LogP contribution in [0.15, 0.2) is 47.5 Å². The molecule has 9 heteroatoms. The minimum atomic E-state index is -0.508. The number of halogens is 1. The van der Waals surface area contributed by atoms with E-state index < -0.39 is 11.6 Å². The third-order valence-electron chi connectivity index (χ3n) is 7.77. The van der Waals surface area contributed by atoms with Crippen molar-refractivity contribution in [2.24, 2.45) is 16.8 Å². The summed E-state index contributed by atoms with van der Waals surface area (Å²) < 4.78 is 13.1. The number of ether oxygens (including phenoxy) is 2. The van der Waals surface area contributed by atoms with Gasteiger partial charge >= 0.3 is 5.97 Å². The van der Waals surface area contributed by atoms with Gasteiger partial charge in [-0.15, -0.1) is 10.2 Å². The second kappa shape index (κ2) is 11.8. The van der Waals surface area contributed by atoms with Gasteiger partial charge in [-0.05, 0) is 89.6 Å². The summed E-state index contributed by atoms with van der Waals surface area (Å²) in [5, 5.41) is 9.48. The van der Waals surface area contributed by atoms with Crippen LogP contribution in [-0.2, 0) is 14.3 Å². The van der Waals surface area contributed by atoms with Crippen molar-refractivity contribution >= 4 is 29.1 Å². The lowest BCUT2D eigenvalue weighted by Gasteiger charge is -2.29. The van der Waals surface area contributed by atoms with E-state index in [0.29, 0.717) is 23.0 Å². The summed E-state index contributed by atoms with van der Waals surface area (Å²) in [5.41, 5.74) is 2.89. The lowest BCUT2D eigenvalue weighted by Crippen LogP contribution is -2.31. The van der Waals surface area contributed by atoms with E-state index in [1.54, 1.807) is 7.11 Å². The van der Waals surface area contributed by atoms with Crippen LogP contribution in [-0.4, -0.2) is 44.9 Å². The van der Waals surface area contributed by atoms with E-state index in [2.05, 4.69) is 10.2 Å². The van der Waals surface area contributed by atoms with Gasteiger partial charge in [-0.2, -0.15) is 0 Å². The number of benzene rings is 2. The van der Waals surface area contributed by atoms with Crippen molar-refractivity contribution in [1.82, 2.24) is 14.8 Å². The van der Waals surface area contributed by atoms with Crippen LogP contribution in [0, 0.1) is 18.8 Å². The van der Waals surface area contributed by atoms with Gasteiger partial charge in [-0.25, -0.2) is 0 Å². The Morgan fingerprint density at radius 1 is 1.00 bits per heavy atom. The van der Waals surface area contributed by atoms with E-state index in [-0.39, 0.29) is 30.0 Å². The fourth-order valence-corrected chi connectivity index (χ4v) is 5.91. The Bertz CT molecular complexity index is 1460. The SMILES string of the molecule is COc1ccc2c(c1)C(c1ccc(Cl)cc1)=NC(CC(=O)CC1CCC(C(=O)OC(C)(C)C)CC1)c1nnc(C)n1-2. The van der Waals surface area contributed by atoms with Crippen molar-refractivity contribution in [3.8, 4) is 11.4 Å². The number of nitrogens with zero attached hydrogens (tertiary/aromatic N) is 4. The van der Waals surface area contributed by atoms with Crippen molar-refractivity contribution in [3.05, 3.63) is 70.3 Å². The van der Waals surface area contributed by atoms with Crippen LogP contribution >= 0.6 is 11.6 Å². The highest BCUT2D eigenvalue weighted by Gasteiger charge is 2.33. The molecule has 0 saturated heterocycles. The Kier molecular flexibility index (Phi) is 8.32. The first-order valence-corrected chi connectivity index (χ1v) is 14.6. The number of methoxy groups -OCH3 is 1. The van der Waals surface area contributed by atoms with Crippen molar-refractivity contribution < 1.29 is 19.1 Å². The molecule has 0 N–H and O–H groups in total. The summed E-state index contributed by atoms with van der Waals surface area (Å²) >= 11 is 6.20. The number of hydrogen-bond donors (Lipinski definition) is 0. The first-order chi connectivity index (χ1) is 19.5. The van der Waals surface area contributed by atoms with Gasteiger partial charge in [-0.3, -0.25) is 19.1 Å². The van der Waals surface area contributed by atoms with Crippen molar-refractivity contribution in [2.75, 3.05) is 7.11 Å². The number of hydrogen-bond acceptors (Lipinski definition) is 7. The second-order valence-electron chi connectivity index (χ2n) is 12.0. The molecule has 1 atom stereocenters. The summed E-state index contributed by atoms with van der Waals surface area (Å²) in [6, 6.07) is 12.9. The molecule has 41 heavy (non-hydrogen) atoms. The molecule has 8 nitrogen and oxygen atoms in total. The topological polar surface area (TPSA) is 95.7 Å². The zero-order chi connectivity index (χ0) is 29.3. The number of aryl methyl sites for hydroxylation is 1. The molecule has 0 spiro atoms. The minimum Gasteiger partial charge on any atom is -0.497 e. The maximum atomic E-state index is 13.5. The molecule has 1 unspecified atom stereocenters. The monoisotopic (exact) mass is 576 g/mol. The number of rotatable bonds is 7. The van der Waals surface area contributed by atoms with Gasteiger partial charge in [0, 0.05) is 29.0 Å². The molecular weight excluding hydrogens is 540 g/mol. The molecule has 0 radical (unpaired) electrons. The van der Waals surface area contributed by atoms with Crippen LogP contribution < -0.4 is 4.74 Å². The van der Waals surface area contributed by atoms with E-state index in [1.807, 2.05) is 74.7 Å². The highest BCUT2D eigenvalue weighted by Crippen LogP contribution is 2.37. The molecule has 0 amide bonds. The lowest BCUT2D eigenvalue weighted by atomic mass is 9.79. The molecule has 216 valence electrons. The van der Waals surface area contributed by atoms with Crippen LogP contribution in [0.3, 0.4) is 0 Å². The molecule has 1 fully saturated rings. The van der Waals surface area contributed by atoms with Gasteiger partial charge in [-0.1, -0.05) is 23.7 Å². The largest absolute Gasteiger partial charge is 0.497 e. The number of fused-ring (bicyclic) bond motifs is 3. The van der Waals surface area contributed by atoms with Gasteiger partial charge < -0.3 is 9.47 Å². The predicted octanol–water partition coefficient (Wildman–Crippen LogP) is 6.63. The molecule has 1 aromatic heterocycles. The fourth-order valence-electron chi connectivity index (χ4n) is 5.79. The van der Waals surface area contributed by atoms with Gasteiger partial charge in [0.05, 0.1) is 24.4 Å². The number of esters is 1. The van der Waals surface area contributed by atoms with Gasteiger partial charge in [0.2, 0.25) is 0 Å². The van der Waals surface area contributed by atoms with Crippen LogP contribution in [0.5, 0.6) is 5.75 Å². The Morgan fingerprint density at radius 3 is 2.37 bits per heavy atom. The average Bonchev–Trinajstić information content (AvgIpc) is 3.25. The highest BCUT2D eigenvalue weighted by atomic mass is 35.5. The molecule has 2 heterocycles. The average molecular weight is 577 g/mol. The Labute approximate surface area is 246 Å². The van der Waals surface area contributed by atoms with E-state index in [4.69, 9.17) is 26.1 Å². The van der Waals surface area contributed by atoms with E-state index >= 15 is 0 Å². The predicted molar refractivity (Wildman–Crippen MR) is 158 cm³/mol. The maximum Gasteiger partial charge on any atom is 0.309 e. The summed E-state index contributed by atoms with van der Waals surface area (Å²) in [7, 11) is 1.63. The third-order valence-corrected chi connectivity index (χ3v) is 8.03. The smallest absolute Gasteiger partial charge is 0.309 e. The van der Waals surface area contributed by atoms with Crippen molar-refractivity contribution in [2.45, 2.75) is 77.9 Å². The summed E-state index contributed by atoms with van der Waals surface area (Å²) in [6.45, 7) is 7.57. The summed E-state index contributed by atoms with van der Waals surface area (Å²) in [4.78, 5) is 31.2. The molecule has 3 aromatic rings. The van der Waals surface area contributed by atoms with Crippen LogP contribution in [0.4, 0.5) is 0 Å². The van der Waals surface area contributed by atoms with E-state index in [9.17, 15) is 9.59 Å². The summed E-state index contributed by atoms with van der Waals surface area (Å²) in [5.74, 6) is 2.21. The number of Topliss-reactive ketones (excluding diaryl/α,β-unsaturated/α-hetero) is 1. The minimum absolute atomic E-state index is 0.0917. The third kappa shape index (κ3) is 6.53. The highest BCUT2D eigenvalue weighted by molar-refractivity contribution is 6.30. The molecule has 1 saturated carbocycles. The maximum absolute atomic E-state index is 13.5. The fraction of sp³-hybridized carbons (Fsp3) is 0.469. The molecule has 0 bridgehead atoms. The number of carbonyl (C=O) groups excluding carboxylic acids is 2. The standard InChI is InChI=1S/C32H37ClN4O4/c1-19-35-36-30-27(17-24(38)16-20-6-8-22(9-7-20)31(39)41-32(2,3)4)34-29(21-10-12-23(33)13-11-21)26-18-25(40-5)14-15-28(26)37(19)30/h10-15,18,20,22,27H,6-9,16-17H2,1-5H3. The second-order valence-corrected chi connectivity index (χ2v) is 12.5. The molecule has 1 aliphatic heterocycles. The first kappa shape index (κ1) is 29.0. The van der Waals surface area contributed by atoms with Gasteiger partial charge in [0.25, 0.3) is 0 Å². The Balaban J connectivity index is 1.39. The van der Waals surface area contributed by atoms with E-state index in [1.165, 1.54) is 0 Å². The number of aliphatic imine (C=N–C) groups is 1. The van der Waals surface area contributed by atoms with Gasteiger partial charge in [0.1, 0.15) is 29.0 Å². The molecule has 2 aromatic carbocycles. The van der Waals surface area contributed by atoms with Crippen LogP contribution in [0.25, 0.3) is 5.69 Å². The molecular formula is C32H37ClN4O4.